The first-order valence-electron chi connectivity index (χ1n) is 4.63. The van der Waals surface area contributed by atoms with Crippen molar-refractivity contribution in [1.82, 2.24) is 9.97 Å². The molecule has 0 bridgehead atoms. The second kappa shape index (κ2) is 4.61. The molecule has 1 rings (SSSR count). The Morgan fingerprint density at radius 2 is 2.36 bits per heavy atom. The molecular formula is C12H16N2. The second-order valence-corrected chi connectivity index (χ2v) is 3.37. The number of nitrogens with one attached hydrogen (secondary N) is 1. The lowest BCUT2D eigenvalue weighted by atomic mass is 9.93. The Morgan fingerprint density at radius 3 is 2.79 bits per heavy atom. The molecule has 1 atom stereocenters. The fourth-order valence-electron chi connectivity index (χ4n) is 1.45. The van der Waals surface area contributed by atoms with Crippen LogP contribution in [0.3, 0.4) is 0 Å². The molecule has 0 aliphatic heterocycles. The van der Waals surface area contributed by atoms with Crippen molar-refractivity contribution in [3.8, 4) is 0 Å². The summed E-state index contributed by atoms with van der Waals surface area (Å²) in [6.45, 7) is 11.8. The predicted octanol–water partition coefficient (Wildman–Crippen LogP) is 3.20. The van der Waals surface area contributed by atoms with Crippen molar-refractivity contribution in [3.63, 3.8) is 0 Å². The first-order valence-corrected chi connectivity index (χ1v) is 4.63. The number of hydrogen-bond acceptors (Lipinski definition) is 1. The van der Waals surface area contributed by atoms with Crippen molar-refractivity contribution in [1.29, 1.82) is 0 Å². The quantitative estimate of drug-likeness (QED) is 0.722. The number of imidazole rings is 1. The zero-order chi connectivity index (χ0) is 10.6. The van der Waals surface area contributed by atoms with Gasteiger partial charge in [-0.1, -0.05) is 37.8 Å². The minimum absolute atomic E-state index is 0.285. The molecule has 0 saturated heterocycles. The van der Waals surface area contributed by atoms with Crippen LogP contribution in [0.25, 0.3) is 0 Å². The highest BCUT2D eigenvalue weighted by molar-refractivity contribution is 5.37. The molecule has 1 unspecified atom stereocenters. The second-order valence-electron chi connectivity index (χ2n) is 3.37. The van der Waals surface area contributed by atoms with Crippen molar-refractivity contribution in [2.24, 2.45) is 0 Å². The highest BCUT2D eigenvalue weighted by Crippen LogP contribution is 2.26. The minimum atomic E-state index is 0.285. The van der Waals surface area contributed by atoms with E-state index in [1.807, 2.05) is 19.2 Å². The van der Waals surface area contributed by atoms with Gasteiger partial charge in [0.15, 0.2) is 0 Å². The average molecular weight is 188 g/mol. The summed E-state index contributed by atoms with van der Waals surface area (Å²) in [5, 5.41) is 0. The van der Waals surface area contributed by atoms with Crippen LogP contribution in [0.1, 0.15) is 25.5 Å². The maximum Gasteiger partial charge on any atom is 0.0921 e. The molecule has 1 N–H and O–H groups in total. The molecule has 0 radical (unpaired) electrons. The lowest BCUT2D eigenvalue weighted by molar-refractivity contribution is 0.867. The standard InChI is InChI=1S/C12H16N2/c1-5-6-11(9(2)3)10(4)12-7-13-8-14-12/h5-8,10H,1-2H2,3-4H3,(H,13,14)/b11-6+. The molecule has 14 heavy (non-hydrogen) atoms. The van der Waals surface area contributed by atoms with E-state index in [-0.39, 0.29) is 5.92 Å². The van der Waals surface area contributed by atoms with Crippen LogP contribution in [0.2, 0.25) is 0 Å². The molecular weight excluding hydrogens is 172 g/mol. The molecule has 0 aromatic carbocycles. The molecule has 74 valence electrons. The summed E-state index contributed by atoms with van der Waals surface area (Å²) in [5.74, 6) is 0.285. The summed E-state index contributed by atoms with van der Waals surface area (Å²) in [7, 11) is 0. The van der Waals surface area contributed by atoms with Crippen LogP contribution < -0.4 is 0 Å². The normalized spacial score (nSPS) is 13.7. The fourth-order valence-corrected chi connectivity index (χ4v) is 1.45. The summed E-state index contributed by atoms with van der Waals surface area (Å²) in [5.41, 5.74) is 3.34. The van der Waals surface area contributed by atoms with E-state index in [0.29, 0.717) is 0 Å². The molecule has 2 heteroatoms. The maximum absolute atomic E-state index is 4.01. The summed E-state index contributed by atoms with van der Waals surface area (Å²) in [6, 6.07) is 0. The van der Waals surface area contributed by atoms with Crippen molar-refractivity contribution in [3.05, 3.63) is 54.7 Å². The summed E-state index contributed by atoms with van der Waals surface area (Å²) >= 11 is 0. The average Bonchev–Trinajstić information content (AvgIpc) is 2.65. The van der Waals surface area contributed by atoms with E-state index in [1.54, 1.807) is 12.4 Å². The molecule has 0 amide bonds. The van der Waals surface area contributed by atoms with Gasteiger partial charge >= 0.3 is 0 Å². The summed E-state index contributed by atoms with van der Waals surface area (Å²) in [4.78, 5) is 7.11. The Morgan fingerprint density at radius 1 is 1.64 bits per heavy atom. The van der Waals surface area contributed by atoms with Gasteiger partial charge in [-0.05, 0) is 12.5 Å². The number of aromatic amines is 1. The van der Waals surface area contributed by atoms with Gasteiger partial charge in [0.25, 0.3) is 0 Å². The Labute approximate surface area is 85.1 Å². The minimum Gasteiger partial charge on any atom is -0.348 e. The molecule has 0 aliphatic carbocycles. The SMILES string of the molecule is C=C/C=C(\C(=C)C)C(C)c1cnc[nH]1. The number of hydrogen-bond donors (Lipinski definition) is 1. The van der Waals surface area contributed by atoms with E-state index in [4.69, 9.17) is 0 Å². The Kier molecular flexibility index (Phi) is 3.46. The zero-order valence-corrected chi connectivity index (χ0v) is 8.75. The first kappa shape index (κ1) is 10.5. The molecule has 0 fully saturated rings. The third kappa shape index (κ3) is 2.22. The largest absolute Gasteiger partial charge is 0.348 e. The van der Waals surface area contributed by atoms with E-state index in [2.05, 4.69) is 30.0 Å². The van der Waals surface area contributed by atoms with Gasteiger partial charge in [-0.15, -0.1) is 0 Å². The Bertz CT molecular complexity index is 344. The van der Waals surface area contributed by atoms with E-state index < -0.39 is 0 Å². The van der Waals surface area contributed by atoms with E-state index in [9.17, 15) is 0 Å². The topological polar surface area (TPSA) is 28.7 Å². The third-order valence-corrected chi connectivity index (χ3v) is 2.24. The monoisotopic (exact) mass is 188 g/mol. The van der Waals surface area contributed by atoms with Crippen LogP contribution in [-0.4, -0.2) is 9.97 Å². The van der Waals surface area contributed by atoms with Crippen LogP contribution >= 0.6 is 0 Å². The zero-order valence-electron chi connectivity index (χ0n) is 8.75. The van der Waals surface area contributed by atoms with Gasteiger partial charge in [0.05, 0.1) is 6.33 Å². The van der Waals surface area contributed by atoms with E-state index in [0.717, 1.165) is 11.3 Å². The van der Waals surface area contributed by atoms with Gasteiger partial charge in [-0.3, -0.25) is 0 Å². The van der Waals surface area contributed by atoms with E-state index in [1.165, 1.54) is 5.57 Å². The smallest absolute Gasteiger partial charge is 0.0921 e. The number of aromatic nitrogens is 2. The third-order valence-electron chi connectivity index (χ3n) is 2.24. The predicted molar refractivity (Wildman–Crippen MR) is 60.1 cm³/mol. The van der Waals surface area contributed by atoms with Crippen molar-refractivity contribution in [2.75, 3.05) is 0 Å². The molecule has 1 aromatic rings. The van der Waals surface area contributed by atoms with Crippen LogP contribution in [0.15, 0.2) is 49.0 Å². The van der Waals surface area contributed by atoms with Gasteiger partial charge in [0, 0.05) is 17.8 Å². The van der Waals surface area contributed by atoms with Crippen molar-refractivity contribution in [2.45, 2.75) is 19.8 Å². The molecule has 1 heterocycles. The molecule has 0 aliphatic rings. The van der Waals surface area contributed by atoms with E-state index >= 15 is 0 Å². The summed E-state index contributed by atoms with van der Waals surface area (Å²) in [6.07, 6.45) is 7.31. The Hall–Kier alpha value is -1.57. The van der Waals surface area contributed by atoms with Gasteiger partial charge in [0.1, 0.15) is 0 Å². The first-order chi connectivity index (χ1) is 6.66. The van der Waals surface area contributed by atoms with Crippen LogP contribution in [0.5, 0.6) is 0 Å². The molecule has 2 nitrogen and oxygen atoms in total. The lowest BCUT2D eigenvalue weighted by Gasteiger charge is -2.13. The lowest BCUT2D eigenvalue weighted by Crippen LogP contribution is -1.99. The van der Waals surface area contributed by atoms with Crippen LogP contribution in [0, 0.1) is 0 Å². The number of allylic oxidation sites excluding steroid dienone is 4. The maximum atomic E-state index is 4.01. The van der Waals surface area contributed by atoms with Crippen molar-refractivity contribution >= 4 is 0 Å². The van der Waals surface area contributed by atoms with Gasteiger partial charge in [-0.25, -0.2) is 4.98 Å². The number of nitrogens with zero attached hydrogens (tertiary/aromatic N) is 1. The highest BCUT2D eigenvalue weighted by Gasteiger charge is 2.12. The molecule has 0 saturated carbocycles. The van der Waals surface area contributed by atoms with Crippen molar-refractivity contribution < 1.29 is 0 Å². The van der Waals surface area contributed by atoms with Crippen LogP contribution in [0.4, 0.5) is 0 Å². The number of rotatable bonds is 4. The Balaban J connectivity index is 2.96. The molecule has 1 aromatic heterocycles. The molecule has 0 spiro atoms. The number of H-pyrrole nitrogens is 1. The fraction of sp³-hybridized carbons (Fsp3) is 0.250. The van der Waals surface area contributed by atoms with Crippen LogP contribution in [-0.2, 0) is 0 Å². The van der Waals surface area contributed by atoms with Gasteiger partial charge in [-0.2, -0.15) is 0 Å². The summed E-state index contributed by atoms with van der Waals surface area (Å²) < 4.78 is 0. The van der Waals surface area contributed by atoms with Gasteiger partial charge < -0.3 is 4.98 Å². The van der Waals surface area contributed by atoms with Gasteiger partial charge in [0.2, 0.25) is 0 Å². The highest BCUT2D eigenvalue weighted by atomic mass is 14.9.